The predicted molar refractivity (Wildman–Crippen MR) is 79.7 cm³/mol. The molecule has 0 bridgehead atoms. The van der Waals surface area contributed by atoms with Crippen molar-refractivity contribution >= 4 is 5.71 Å². The van der Waals surface area contributed by atoms with Crippen LogP contribution in [0.2, 0.25) is 0 Å². The molecule has 1 saturated carbocycles. The number of hydrazone groups is 1. The standard InChI is InChI=1S/C16H22N2O2/c1-19-15-9-8-12(14-7-4-10-17-18-14)11-16(15)20-13-5-2-3-6-13/h8-9,11,13,17H,2-7,10H2,1H3. The van der Waals surface area contributed by atoms with Crippen LogP contribution in [0.15, 0.2) is 23.3 Å². The van der Waals surface area contributed by atoms with Crippen molar-refractivity contribution in [1.82, 2.24) is 5.43 Å². The third kappa shape index (κ3) is 2.89. The molecule has 0 spiro atoms. The molecule has 1 aliphatic carbocycles. The Labute approximate surface area is 120 Å². The van der Waals surface area contributed by atoms with Crippen molar-refractivity contribution in [2.24, 2.45) is 5.10 Å². The summed E-state index contributed by atoms with van der Waals surface area (Å²) < 4.78 is 11.5. The van der Waals surface area contributed by atoms with Gasteiger partial charge in [0.05, 0.1) is 18.9 Å². The van der Waals surface area contributed by atoms with Gasteiger partial charge in [0, 0.05) is 12.1 Å². The molecule has 0 unspecified atom stereocenters. The maximum Gasteiger partial charge on any atom is 0.162 e. The third-order valence-electron chi connectivity index (χ3n) is 4.01. The Morgan fingerprint density at radius 2 is 2.00 bits per heavy atom. The zero-order chi connectivity index (χ0) is 13.8. The largest absolute Gasteiger partial charge is 0.493 e. The summed E-state index contributed by atoms with van der Waals surface area (Å²) >= 11 is 0. The van der Waals surface area contributed by atoms with Crippen LogP contribution in [0.3, 0.4) is 0 Å². The van der Waals surface area contributed by atoms with Crippen LogP contribution in [0.4, 0.5) is 0 Å². The van der Waals surface area contributed by atoms with Gasteiger partial charge in [0.15, 0.2) is 11.5 Å². The second-order valence-corrected chi connectivity index (χ2v) is 5.46. The van der Waals surface area contributed by atoms with E-state index in [-0.39, 0.29) is 0 Å². The van der Waals surface area contributed by atoms with Gasteiger partial charge in [-0.05, 0) is 56.7 Å². The van der Waals surface area contributed by atoms with Gasteiger partial charge in [0.2, 0.25) is 0 Å². The van der Waals surface area contributed by atoms with E-state index in [2.05, 4.69) is 22.7 Å². The summed E-state index contributed by atoms with van der Waals surface area (Å²) in [6, 6.07) is 6.12. The van der Waals surface area contributed by atoms with Gasteiger partial charge in [0.25, 0.3) is 0 Å². The number of rotatable bonds is 4. The predicted octanol–water partition coefficient (Wildman–Crippen LogP) is 3.10. The Balaban J connectivity index is 1.83. The van der Waals surface area contributed by atoms with E-state index < -0.39 is 0 Å². The van der Waals surface area contributed by atoms with Crippen LogP contribution < -0.4 is 14.9 Å². The van der Waals surface area contributed by atoms with E-state index in [9.17, 15) is 0 Å². The highest BCUT2D eigenvalue weighted by Crippen LogP contribution is 2.33. The summed E-state index contributed by atoms with van der Waals surface area (Å²) in [5.41, 5.74) is 5.31. The van der Waals surface area contributed by atoms with E-state index >= 15 is 0 Å². The third-order valence-corrected chi connectivity index (χ3v) is 4.01. The van der Waals surface area contributed by atoms with Crippen LogP contribution in [0, 0.1) is 0 Å². The number of ether oxygens (including phenoxy) is 2. The second-order valence-electron chi connectivity index (χ2n) is 5.46. The van der Waals surface area contributed by atoms with Gasteiger partial charge in [-0.15, -0.1) is 0 Å². The van der Waals surface area contributed by atoms with E-state index in [1.54, 1.807) is 7.11 Å². The SMILES string of the molecule is COc1ccc(C2=NNCCC2)cc1OC1CCCC1. The molecule has 4 nitrogen and oxygen atoms in total. The minimum atomic E-state index is 0.338. The molecule has 0 saturated heterocycles. The first-order valence-corrected chi connectivity index (χ1v) is 7.51. The number of hydrogen-bond acceptors (Lipinski definition) is 4. The molecule has 0 atom stereocenters. The summed E-state index contributed by atoms with van der Waals surface area (Å²) in [5, 5.41) is 4.40. The van der Waals surface area contributed by atoms with Gasteiger partial charge in [-0.1, -0.05) is 0 Å². The molecule has 0 aromatic heterocycles. The number of nitrogens with zero attached hydrogens (tertiary/aromatic N) is 1. The van der Waals surface area contributed by atoms with Crippen molar-refractivity contribution in [1.29, 1.82) is 0 Å². The summed E-state index contributed by atoms with van der Waals surface area (Å²) in [6.07, 6.45) is 7.31. The number of benzene rings is 1. The van der Waals surface area contributed by atoms with Gasteiger partial charge in [-0.25, -0.2) is 0 Å². The molecule has 3 rings (SSSR count). The lowest BCUT2D eigenvalue weighted by Gasteiger charge is -2.18. The summed E-state index contributed by atoms with van der Waals surface area (Å²) in [5.74, 6) is 1.66. The van der Waals surface area contributed by atoms with Crippen LogP contribution in [-0.4, -0.2) is 25.5 Å². The Morgan fingerprint density at radius 3 is 2.70 bits per heavy atom. The Kier molecular flexibility index (Phi) is 4.09. The first-order valence-electron chi connectivity index (χ1n) is 7.51. The van der Waals surface area contributed by atoms with E-state index in [1.807, 2.05) is 6.07 Å². The number of hydrogen-bond donors (Lipinski definition) is 1. The highest BCUT2D eigenvalue weighted by Gasteiger charge is 2.19. The molecular weight excluding hydrogens is 252 g/mol. The second kappa shape index (κ2) is 6.16. The maximum absolute atomic E-state index is 6.13. The molecule has 20 heavy (non-hydrogen) atoms. The first-order chi connectivity index (χ1) is 9.86. The van der Waals surface area contributed by atoms with Gasteiger partial charge in [0.1, 0.15) is 0 Å². The smallest absolute Gasteiger partial charge is 0.162 e. The average molecular weight is 274 g/mol. The van der Waals surface area contributed by atoms with Crippen LogP contribution in [0.25, 0.3) is 0 Å². The zero-order valence-electron chi connectivity index (χ0n) is 12.0. The Bertz CT molecular complexity index is 493. The molecule has 1 N–H and O–H groups in total. The van der Waals surface area contributed by atoms with Gasteiger partial charge in [-0.2, -0.15) is 5.10 Å². The van der Waals surface area contributed by atoms with Crippen LogP contribution in [0.1, 0.15) is 44.1 Å². The van der Waals surface area contributed by atoms with E-state index in [0.717, 1.165) is 55.0 Å². The van der Waals surface area contributed by atoms with Crippen molar-refractivity contribution in [2.45, 2.75) is 44.6 Å². The monoisotopic (exact) mass is 274 g/mol. The van der Waals surface area contributed by atoms with Crippen LogP contribution in [-0.2, 0) is 0 Å². The van der Waals surface area contributed by atoms with Crippen molar-refractivity contribution in [3.63, 3.8) is 0 Å². The summed E-state index contributed by atoms with van der Waals surface area (Å²) in [6.45, 7) is 0.963. The number of methoxy groups -OCH3 is 1. The molecule has 108 valence electrons. The molecule has 4 heteroatoms. The van der Waals surface area contributed by atoms with Gasteiger partial charge in [-0.3, -0.25) is 0 Å². The first kappa shape index (κ1) is 13.3. The van der Waals surface area contributed by atoms with Gasteiger partial charge >= 0.3 is 0 Å². The fourth-order valence-electron chi connectivity index (χ4n) is 2.89. The molecule has 2 aliphatic rings. The Morgan fingerprint density at radius 1 is 1.15 bits per heavy atom. The van der Waals surface area contributed by atoms with Crippen molar-refractivity contribution in [3.05, 3.63) is 23.8 Å². The van der Waals surface area contributed by atoms with Crippen LogP contribution in [0.5, 0.6) is 11.5 Å². The molecule has 0 radical (unpaired) electrons. The summed E-state index contributed by atoms with van der Waals surface area (Å²) in [4.78, 5) is 0. The molecule has 1 aliphatic heterocycles. The fourth-order valence-corrected chi connectivity index (χ4v) is 2.89. The minimum Gasteiger partial charge on any atom is -0.493 e. The average Bonchev–Trinajstić information content (AvgIpc) is 3.01. The maximum atomic E-state index is 6.13. The van der Waals surface area contributed by atoms with Crippen LogP contribution >= 0.6 is 0 Å². The Hall–Kier alpha value is -1.71. The quantitative estimate of drug-likeness (QED) is 0.917. The molecule has 1 aromatic rings. The topological polar surface area (TPSA) is 42.8 Å². The van der Waals surface area contributed by atoms with Crippen molar-refractivity contribution in [2.75, 3.05) is 13.7 Å². The zero-order valence-corrected chi connectivity index (χ0v) is 12.0. The molecule has 1 fully saturated rings. The summed E-state index contributed by atoms with van der Waals surface area (Å²) in [7, 11) is 1.69. The fraction of sp³-hybridized carbons (Fsp3) is 0.562. The lowest BCUT2D eigenvalue weighted by atomic mass is 10.0. The number of nitrogens with one attached hydrogen (secondary N) is 1. The lowest BCUT2D eigenvalue weighted by molar-refractivity contribution is 0.201. The van der Waals surface area contributed by atoms with Gasteiger partial charge < -0.3 is 14.9 Å². The van der Waals surface area contributed by atoms with E-state index in [1.165, 1.54) is 12.8 Å². The highest BCUT2D eigenvalue weighted by molar-refractivity contribution is 6.01. The normalized spacial score (nSPS) is 19.4. The molecule has 0 amide bonds. The van der Waals surface area contributed by atoms with Crippen molar-refractivity contribution in [3.8, 4) is 11.5 Å². The highest BCUT2D eigenvalue weighted by atomic mass is 16.5. The molecule has 1 heterocycles. The van der Waals surface area contributed by atoms with Crippen molar-refractivity contribution < 1.29 is 9.47 Å². The van der Waals surface area contributed by atoms with E-state index in [4.69, 9.17) is 9.47 Å². The molecular formula is C16H22N2O2. The minimum absolute atomic E-state index is 0.338. The van der Waals surface area contributed by atoms with E-state index in [0.29, 0.717) is 6.10 Å². The molecule has 1 aromatic carbocycles. The lowest BCUT2D eigenvalue weighted by Crippen LogP contribution is -2.20.